The maximum Gasteiger partial charge on any atom is 0.131 e. The Bertz CT molecular complexity index is 1020. The highest BCUT2D eigenvalue weighted by Crippen LogP contribution is 2.18. The Hall–Kier alpha value is -3.27. The molecule has 0 bridgehead atoms. The van der Waals surface area contributed by atoms with E-state index < -0.39 is 17.7 Å². The van der Waals surface area contributed by atoms with Crippen LogP contribution in [0.5, 0.6) is 5.75 Å². The first kappa shape index (κ1) is 20.5. The van der Waals surface area contributed by atoms with Gasteiger partial charge in [-0.1, -0.05) is 30.3 Å². The van der Waals surface area contributed by atoms with Crippen LogP contribution < -0.4 is 10.1 Å². The molecule has 0 aliphatic carbocycles. The Kier molecular flexibility index (Phi) is 6.90. The maximum absolute atomic E-state index is 13.7. The molecule has 29 heavy (non-hydrogen) atoms. The van der Waals surface area contributed by atoms with E-state index in [1.54, 1.807) is 12.1 Å². The van der Waals surface area contributed by atoms with E-state index in [-0.39, 0.29) is 12.1 Å². The summed E-state index contributed by atoms with van der Waals surface area (Å²) in [5.74, 6) is -0.769. The molecule has 3 aromatic carbocycles. The second-order valence-corrected chi connectivity index (χ2v) is 6.56. The third-order valence-corrected chi connectivity index (χ3v) is 4.35. The topological polar surface area (TPSA) is 65.3 Å². The van der Waals surface area contributed by atoms with Crippen LogP contribution in [0.3, 0.4) is 0 Å². The molecule has 3 rings (SSSR count). The Labute approximate surface area is 168 Å². The predicted octanol–water partition coefficient (Wildman–Crippen LogP) is 4.24. The zero-order valence-corrected chi connectivity index (χ0v) is 15.6. The molecule has 0 amide bonds. The first-order chi connectivity index (χ1) is 14.0. The lowest BCUT2D eigenvalue weighted by molar-refractivity contribution is 0.169. The lowest BCUT2D eigenvalue weighted by Crippen LogP contribution is -2.21. The van der Waals surface area contributed by atoms with Crippen LogP contribution in [0.1, 0.15) is 28.4 Å². The highest BCUT2D eigenvalue weighted by atomic mass is 19.1. The molecule has 0 aliphatic heterocycles. The van der Waals surface area contributed by atoms with Gasteiger partial charge in [0.2, 0.25) is 0 Å². The minimum Gasteiger partial charge on any atom is -0.489 e. The van der Waals surface area contributed by atoms with Gasteiger partial charge in [-0.3, -0.25) is 0 Å². The summed E-state index contributed by atoms with van der Waals surface area (Å²) in [4.78, 5) is 0. The van der Waals surface area contributed by atoms with Crippen molar-refractivity contribution in [2.24, 2.45) is 0 Å². The zero-order valence-electron chi connectivity index (χ0n) is 15.6. The lowest BCUT2D eigenvalue weighted by Gasteiger charge is -2.14. The van der Waals surface area contributed by atoms with Crippen molar-refractivity contribution in [3.8, 4) is 11.8 Å². The molecule has 148 valence electrons. The van der Waals surface area contributed by atoms with Crippen molar-refractivity contribution >= 4 is 0 Å². The molecule has 2 N–H and O–H groups in total. The standard InChI is InChI=1S/C23H20F2N2O2/c24-19-7-8-21(22(25)11-19)23(28)14-27-13-17-4-2-6-20(10-17)29-15-18-5-1-3-16(9-18)12-26/h1-11,23,27-28H,13-15H2. The van der Waals surface area contributed by atoms with Gasteiger partial charge >= 0.3 is 0 Å². The number of hydrogen-bond donors (Lipinski definition) is 2. The molecule has 0 saturated heterocycles. The fraction of sp³-hybridized carbons (Fsp3) is 0.174. The van der Waals surface area contributed by atoms with Crippen LogP contribution in [0.4, 0.5) is 8.78 Å². The number of benzene rings is 3. The fourth-order valence-electron chi connectivity index (χ4n) is 2.88. The molecule has 0 saturated carbocycles. The molecule has 0 aromatic heterocycles. The fourth-order valence-corrected chi connectivity index (χ4v) is 2.88. The summed E-state index contributed by atoms with van der Waals surface area (Å²) in [7, 11) is 0. The number of aliphatic hydroxyl groups is 1. The average Bonchev–Trinajstić information content (AvgIpc) is 2.72. The van der Waals surface area contributed by atoms with E-state index in [1.807, 2.05) is 36.4 Å². The highest BCUT2D eigenvalue weighted by Gasteiger charge is 2.13. The van der Waals surface area contributed by atoms with E-state index in [0.29, 0.717) is 24.5 Å². The minimum absolute atomic E-state index is 0.0515. The molecule has 6 heteroatoms. The van der Waals surface area contributed by atoms with Crippen LogP contribution in [0.15, 0.2) is 66.7 Å². The zero-order chi connectivity index (χ0) is 20.6. The van der Waals surface area contributed by atoms with Gasteiger partial charge in [0.15, 0.2) is 0 Å². The molecule has 0 radical (unpaired) electrons. The summed E-state index contributed by atoms with van der Waals surface area (Å²) in [5, 5.41) is 22.1. The van der Waals surface area contributed by atoms with E-state index in [2.05, 4.69) is 11.4 Å². The molecule has 0 spiro atoms. The number of nitriles is 1. The van der Waals surface area contributed by atoms with Crippen LogP contribution in [-0.4, -0.2) is 11.7 Å². The van der Waals surface area contributed by atoms with Gasteiger partial charge in [-0.15, -0.1) is 0 Å². The van der Waals surface area contributed by atoms with E-state index in [0.717, 1.165) is 23.3 Å². The molecule has 1 unspecified atom stereocenters. The van der Waals surface area contributed by atoms with Gasteiger partial charge in [0.05, 0.1) is 17.7 Å². The van der Waals surface area contributed by atoms with Gasteiger partial charge < -0.3 is 15.2 Å². The maximum atomic E-state index is 13.7. The first-order valence-corrected chi connectivity index (χ1v) is 9.09. The van der Waals surface area contributed by atoms with Crippen LogP contribution in [-0.2, 0) is 13.2 Å². The summed E-state index contributed by atoms with van der Waals surface area (Å²) in [6, 6.07) is 19.9. The third kappa shape index (κ3) is 5.85. The molecule has 0 fully saturated rings. The van der Waals surface area contributed by atoms with Crippen molar-refractivity contribution in [1.82, 2.24) is 5.32 Å². The van der Waals surface area contributed by atoms with Crippen molar-refractivity contribution in [3.63, 3.8) is 0 Å². The Morgan fingerprint density at radius 3 is 2.59 bits per heavy atom. The highest BCUT2D eigenvalue weighted by molar-refractivity contribution is 5.33. The lowest BCUT2D eigenvalue weighted by atomic mass is 10.1. The number of aliphatic hydroxyl groups excluding tert-OH is 1. The number of ether oxygens (including phenoxy) is 1. The summed E-state index contributed by atoms with van der Waals surface area (Å²) in [5.41, 5.74) is 2.47. The summed E-state index contributed by atoms with van der Waals surface area (Å²) < 4.78 is 32.5. The smallest absolute Gasteiger partial charge is 0.131 e. The molecular weight excluding hydrogens is 374 g/mol. The number of nitrogens with one attached hydrogen (secondary N) is 1. The number of halogens is 2. The van der Waals surface area contributed by atoms with Gasteiger partial charge in [-0.2, -0.15) is 5.26 Å². The SMILES string of the molecule is N#Cc1cccc(COc2cccc(CNCC(O)c3ccc(F)cc3F)c2)c1. The van der Waals surface area contributed by atoms with Gasteiger partial charge in [-0.05, 0) is 41.5 Å². The van der Waals surface area contributed by atoms with Crippen molar-refractivity contribution in [2.75, 3.05) is 6.54 Å². The molecule has 1 atom stereocenters. The molecule has 3 aromatic rings. The van der Waals surface area contributed by atoms with Crippen molar-refractivity contribution in [1.29, 1.82) is 5.26 Å². The predicted molar refractivity (Wildman–Crippen MR) is 105 cm³/mol. The second kappa shape index (κ2) is 9.78. The number of rotatable bonds is 8. The van der Waals surface area contributed by atoms with E-state index in [1.165, 1.54) is 6.07 Å². The monoisotopic (exact) mass is 394 g/mol. The number of hydrogen-bond acceptors (Lipinski definition) is 4. The Morgan fingerprint density at radius 1 is 1.00 bits per heavy atom. The van der Waals surface area contributed by atoms with Crippen LogP contribution >= 0.6 is 0 Å². The number of nitrogens with zero attached hydrogens (tertiary/aromatic N) is 1. The first-order valence-electron chi connectivity index (χ1n) is 9.09. The van der Waals surface area contributed by atoms with Gasteiger partial charge in [0.1, 0.15) is 24.0 Å². The van der Waals surface area contributed by atoms with E-state index in [4.69, 9.17) is 10.00 Å². The summed E-state index contributed by atoms with van der Waals surface area (Å²) in [6.45, 7) is 0.907. The normalized spacial score (nSPS) is 11.7. The van der Waals surface area contributed by atoms with Crippen molar-refractivity contribution in [2.45, 2.75) is 19.3 Å². The minimum atomic E-state index is -1.08. The molecule has 0 heterocycles. The third-order valence-electron chi connectivity index (χ3n) is 4.35. The van der Waals surface area contributed by atoms with Crippen molar-refractivity contribution < 1.29 is 18.6 Å². The van der Waals surface area contributed by atoms with Gasteiger partial charge in [0.25, 0.3) is 0 Å². The Balaban J connectivity index is 1.52. The second-order valence-electron chi connectivity index (χ2n) is 6.56. The largest absolute Gasteiger partial charge is 0.489 e. The molecule has 4 nitrogen and oxygen atoms in total. The average molecular weight is 394 g/mol. The molecule has 0 aliphatic rings. The van der Waals surface area contributed by atoms with Gasteiger partial charge in [0, 0.05) is 24.7 Å². The summed E-state index contributed by atoms with van der Waals surface area (Å²) in [6.07, 6.45) is -1.08. The molecular formula is C23H20F2N2O2. The Morgan fingerprint density at radius 2 is 1.79 bits per heavy atom. The van der Waals surface area contributed by atoms with E-state index >= 15 is 0 Å². The van der Waals surface area contributed by atoms with Crippen molar-refractivity contribution in [3.05, 3.63) is 101 Å². The van der Waals surface area contributed by atoms with E-state index in [9.17, 15) is 13.9 Å². The van der Waals surface area contributed by atoms with Crippen LogP contribution in [0.25, 0.3) is 0 Å². The van der Waals surface area contributed by atoms with Gasteiger partial charge in [-0.25, -0.2) is 8.78 Å². The van der Waals surface area contributed by atoms with Crippen LogP contribution in [0.2, 0.25) is 0 Å². The van der Waals surface area contributed by atoms with Crippen LogP contribution in [0, 0.1) is 23.0 Å². The summed E-state index contributed by atoms with van der Waals surface area (Å²) >= 11 is 0. The quantitative estimate of drug-likeness (QED) is 0.600.